The maximum Gasteiger partial charge on any atom is 0.273 e. The number of hydrogen-bond acceptors (Lipinski definition) is 4. The average molecular weight is 294 g/mol. The van der Waals surface area contributed by atoms with Crippen LogP contribution in [0.2, 0.25) is 0 Å². The highest BCUT2D eigenvalue weighted by atomic mass is 32.2. The molecule has 108 valence electrons. The average Bonchev–Trinajstić information content (AvgIpc) is 2.73. The SMILES string of the molecule is Cc1ccccc1-c1nnc(S(N)(=O)=O)n1C(C)(C)C. The Morgan fingerprint density at radius 3 is 2.25 bits per heavy atom. The minimum atomic E-state index is -3.93. The van der Waals surface area contributed by atoms with E-state index in [9.17, 15) is 8.42 Å². The van der Waals surface area contributed by atoms with Gasteiger partial charge in [0.1, 0.15) is 0 Å². The maximum absolute atomic E-state index is 11.7. The number of aryl methyl sites for hydroxylation is 1. The van der Waals surface area contributed by atoms with Gasteiger partial charge in [0, 0.05) is 11.1 Å². The van der Waals surface area contributed by atoms with Gasteiger partial charge in [0.25, 0.3) is 15.2 Å². The zero-order valence-corrected chi connectivity index (χ0v) is 12.8. The van der Waals surface area contributed by atoms with E-state index in [1.165, 1.54) is 0 Å². The molecule has 2 rings (SSSR count). The van der Waals surface area contributed by atoms with Crippen molar-refractivity contribution in [3.8, 4) is 11.4 Å². The second kappa shape index (κ2) is 4.68. The van der Waals surface area contributed by atoms with Gasteiger partial charge in [-0.3, -0.25) is 4.57 Å². The molecule has 0 spiro atoms. The van der Waals surface area contributed by atoms with E-state index in [0.29, 0.717) is 5.82 Å². The Hall–Kier alpha value is -1.73. The lowest BCUT2D eigenvalue weighted by molar-refractivity contribution is 0.366. The Balaban J connectivity index is 2.81. The van der Waals surface area contributed by atoms with Gasteiger partial charge in [-0.1, -0.05) is 24.3 Å². The minimum absolute atomic E-state index is 0.219. The molecule has 2 aromatic rings. The first-order chi connectivity index (χ1) is 9.12. The van der Waals surface area contributed by atoms with Crippen molar-refractivity contribution >= 4 is 10.0 Å². The molecule has 0 saturated carbocycles. The Morgan fingerprint density at radius 2 is 1.75 bits per heavy atom. The van der Waals surface area contributed by atoms with Gasteiger partial charge >= 0.3 is 0 Å². The number of hydrogen-bond donors (Lipinski definition) is 1. The van der Waals surface area contributed by atoms with Crippen LogP contribution in [0.4, 0.5) is 0 Å². The van der Waals surface area contributed by atoms with Crippen molar-refractivity contribution in [3.05, 3.63) is 29.8 Å². The summed E-state index contributed by atoms with van der Waals surface area (Å²) in [6, 6.07) is 7.61. The van der Waals surface area contributed by atoms with E-state index in [4.69, 9.17) is 5.14 Å². The van der Waals surface area contributed by atoms with Crippen molar-refractivity contribution < 1.29 is 8.42 Å². The fraction of sp³-hybridized carbons (Fsp3) is 0.385. The van der Waals surface area contributed by atoms with E-state index in [1.807, 2.05) is 52.0 Å². The van der Waals surface area contributed by atoms with Gasteiger partial charge in [0.2, 0.25) is 0 Å². The van der Waals surface area contributed by atoms with E-state index in [-0.39, 0.29) is 5.16 Å². The van der Waals surface area contributed by atoms with Crippen LogP contribution in [0.5, 0.6) is 0 Å². The van der Waals surface area contributed by atoms with Crippen molar-refractivity contribution in [1.29, 1.82) is 0 Å². The Bertz CT molecular complexity index is 742. The van der Waals surface area contributed by atoms with Gasteiger partial charge in [-0.2, -0.15) is 0 Å². The lowest BCUT2D eigenvalue weighted by atomic mass is 10.1. The summed E-state index contributed by atoms with van der Waals surface area (Å²) in [5.74, 6) is 0.500. The number of aromatic nitrogens is 3. The molecule has 1 aromatic heterocycles. The molecule has 20 heavy (non-hydrogen) atoms. The summed E-state index contributed by atoms with van der Waals surface area (Å²) in [6.45, 7) is 7.58. The molecule has 1 aromatic carbocycles. The molecule has 2 N–H and O–H groups in total. The number of nitrogens with two attached hydrogens (primary N) is 1. The van der Waals surface area contributed by atoms with Gasteiger partial charge in [0.15, 0.2) is 5.82 Å². The molecular formula is C13H18N4O2S. The Labute approximate surface area is 118 Å². The molecule has 0 aliphatic heterocycles. The van der Waals surface area contributed by atoms with Crippen LogP contribution in [0.15, 0.2) is 29.4 Å². The molecule has 0 aliphatic rings. The van der Waals surface area contributed by atoms with E-state index in [2.05, 4.69) is 10.2 Å². The first-order valence-corrected chi connectivity index (χ1v) is 7.71. The largest absolute Gasteiger partial charge is 0.291 e. The lowest BCUT2D eigenvalue weighted by Crippen LogP contribution is -2.29. The highest BCUT2D eigenvalue weighted by Crippen LogP contribution is 2.29. The standard InChI is InChI=1S/C13H18N4O2S/c1-9-7-5-6-8-10(9)11-15-16-12(20(14,18)19)17(11)13(2,3)4/h5-8H,1-4H3,(H2,14,18,19). The van der Waals surface area contributed by atoms with Crippen LogP contribution in [0, 0.1) is 6.92 Å². The highest BCUT2D eigenvalue weighted by Gasteiger charge is 2.29. The molecule has 0 atom stereocenters. The number of benzene rings is 1. The summed E-state index contributed by atoms with van der Waals surface area (Å²) in [6.07, 6.45) is 0. The number of sulfonamides is 1. The summed E-state index contributed by atoms with van der Waals surface area (Å²) in [4.78, 5) is 0. The molecule has 6 nitrogen and oxygen atoms in total. The quantitative estimate of drug-likeness (QED) is 0.911. The number of primary sulfonamides is 1. The van der Waals surface area contributed by atoms with E-state index >= 15 is 0 Å². The lowest BCUT2D eigenvalue weighted by Gasteiger charge is -2.24. The molecule has 0 bridgehead atoms. The van der Waals surface area contributed by atoms with Gasteiger partial charge in [-0.25, -0.2) is 13.6 Å². The second-order valence-corrected chi connectivity index (χ2v) is 7.13. The number of rotatable bonds is 2. The van der Waals surface area contributed by atoms with Crippen molar-refractivity contribution in [2.75, 3.05) is 0 Å². The van der Waals surface area contributed by atoms with E-state index in [0.717, 1.165) is 11.1 Å². The van der Waals surface area contributed by atoms with Gasteiger partial charge in [-0.15, -0.1) is 10.2 Å². The second-order valence-electron chi connectivity index (χ2n) is 5.67. The van der Waals surface area contributed by atoms with Crippen molar-refractivity contribution in [1.82, 2.24) is 14.8 Å². The van der Waals surface area contributed by atoms with Crippen LogP contribution in [-0.2, 0) is 15.6 Å². The zero-order chi connectivity index (χ0) is 15.1. The maximum atomic E-state index is 11.7. The summed E-state index contributed by atoms with van der Waals surface area (Å²) in [5, 5.41) is 12.8. The molecule has 0 fully saturated rings. The molecule has 0 amide bonds. The molecule has 7 heteroatoms. The summed E-state index contributed by atoms with van der Waals surface area (Å²) in [7, 11) is -3.93. The molecule has 0 aliphatic carbocycles. The smallest absolute Gasteiger partial charge is 0.273 e. The summed E-state index contributed by atoms with van der Waals surface area (Å²) < 4.78 is 24.9. The van der Waals surface area contributed by atoms with Crippen LogP contribution in [0.1, 0.15) is 26.3 Å². The van der Waals surface area contributed by atoms with Crippen LogP contribution in [0.25, 0.3) is 11.4 Å². The third-order valence-corrected chi connectivity index (χ3v) is 3.72. The fourth-order valence-electron chi connectivity index (χ4n) is 2.06. The minimum Gasteiger partial charge on any atom is -0.291 e. The topological polar surface area (TPSA) is 90.9 Å². The molecule has 1 heterocycles. The van der Waals surface area contributed by atoms with Crippen LogP contribution < -0.4 is 5.14 Å². The molecule has 0 unspecified atom stereocenters. The van der Waals surface area contributed by atoms with Crippen LogP contribution >= 0.6 is 0 Å². The third kappa shape index (κ3) is 2.59. The molecule has 0 saturated heterocycles. The normalized spacial score (nSPS) is 12.7. The van der Waals surface area contributed by atoms with Gasteiger partial charge < -0.3 is 0 Å². The summed E-state index contributed by atoms with van der Waals surface area (Å²) in [5.41, 5.74) is 1.32. The Morgan fingerprint density at radius 1 is 1.15 bits per heavy atom. The van der Waals surface area contributed by atoms with Crippen LogP contribution in [-0.4, -0.2) is 23.2 Å². The van der Waals surface area contributed by atoms with Gasteiger partial charge in [-0.05, 0) is 33.3 Å². The predicted molar refractivity (Wildman–Crippen MR) is 76.6 cm³/mol. The fourth-order valence-corrected chi connectivity index (χ4v) is 2.83. The van der Waals surface area contributed by atoms with Crippen LogP contribution in [0.3, 0.4) is 0 Å². The summed E-state index contributed by atoms with van der Waals surface area (Å²) >= 11 is 0. The molecule has 0 radical (unpaired) electrons. The molecular weight excluding hydrogens is 276 g/mol. The third-order valence-electron chi connectivity index (χ3n) is 2.94. The monoisotopic (exact) mass is 294 g/mol. The van der Waals surface area contributed by atoms with Crippen molar-refractivity contribution in [2.24, 2.45) is 5.14 Å². The zero-order valence-electron chi connectivity index (χ0n) is 12.0. The van der Waals surface area contributed by atoms with E-state index in [1.54, 1.807) is 4.57 Å². The Kier molecular flexibility index (Phi) is 3.43. The van der Waals surface area contributed by atoms with Crippen molar-refractivity contribution in [2.45, 2.75) is 38.4 Å². The first-order valence-electron chi connectivity index (χ1n) is 6.17. The predicted octanol–water partition coefficient (Wildman–Crippen LogP) is 1.66. The highest BCUT2D eigenvalue weighted by molar-refractivity contribution is 7.89. The van der Waals surface area contributed by atoms with E-state index < -0.39 is 15.6 Å². The van der Waals surface area contributed by atoms with Gasteiger partial charge in [0.05, 0.1) is 0 Å². The van der Waals surface area contributed by atoms with Crippen molar-refractivity contribution in [3.63, 3.8) is 0 Å². The first kappa shape index (κ1) is 14.7. The number of nitrogens with zero attached hydrogens (tertiary/aromatic N) is 3.